The molecule has 1 heterocycles. The van der Waals surface area contributed by atoms with Gasteiger partial charge in [-0.15, -0.1) is 0 Å². The molecule has 0 fully saturated rings. The fourth-order valence-corrected chi connectivity index (χ4v) is 2.53. The second kappa shape index (κ2) is 5.51. The quantitative estimate of drug-likeness (QED) is 0.721. The molecular weight excluding hydrogens is 244 g/mol. The molecule has 0 amide bonds. The third kappa shape index (κ3) is 2.61. The largest absolute Gasteiger partial charge is 0.361 e. The third-order valence-electron chi connectivity index (χ3n) is 3.85. The van der Waals surface area contributed by atoms with E-state index in [1.165, 1.54) is 27.6 Å². The monoisotopic (exact) mass is 264 g/mol. The Morgan fingerprint density at radius 3 is 2.65 bits per heavy atom. The molecule has 0 aliphatic heterocycles. The summed E-state index contributed by atoms with van der Waals surface area (Å²) in [5.74, 6) is 0. The molecule has 0 aliphatic rings. The Labute approximate surface area is 119 Å². The van der Waals surface area contributed by atoms with Crippen molar-refractivity contribution in [1.82, 2.24) is 10.3 Å². The molecule has 2 heteroatoms. The van der Waals surface area contributed by atoms with Crippen LogP contribution in [0.4, 0.5) is 0 Å². The lowest BCUT2D eigenvalue weighted by molar-refractivity contribution is 0.576. The molecule has 102 valence electrons. The molecule has 20 heavy (non-hydrogen) atoms. The van der Waals surface area contributed by atoms with E-state index in [0.29, 0.717) is 6.04 Å². The zero-order valence-electron chi connectivity index (χ0n) is 12.0. The molecule has 2 nitrogen and oxygen atoms in total. The standard InChI is InChI=1S/C18H20N2/c1-13-6-8-15(9-7-13)14(2)20-12-17-5-3-4-16-10-11-19-18(16)17/h3-11,14,19-20H,12H2,1-2H3/t14-/m1/s1. The van der Waals surface area contributed by atoms with Gasteiger partial charge < -0.3 is 10.3 Å². The van der Waals surface area contributed by atoms with Gasteiger partial charge in [0.25, 0.3) is 0 Å². The summed E-state index contributed by atoms with van der Waals surface area (Å²) in [5, 5.41) is 4.87. The van der Waals surface area contributed by atoms with Gasteiger partial charge in [-0.1, -0.05) is 48.0 Å². The number of H-pyrrole nitrogens is 1. The Morgan fingerprint density at radius 2 is 1.85 bits per heavy atom. The summed E-state index contributed by atoms with van der Waals surface area (Å²) in [7, 11) is 0. The molecule has 3 rings (SSSR count). The van der Waals surface area contributed by atoms with Crippen LogP contribution in [0.1, 0.15) is 29.7 Å². The van der Waals surface area contributed by atoms with Crippen LogP contribution in [0.15, 0.2) is 54.7 Å². The third-order valence-corrected chi connectivity index (χ3v) is 3.85. The summed E-state index contributed by atoms with van der Waals surface area (Å²) in [6, 6.07) is 17.6. The van der Waals surface area contributed by atoms with Crippen LogP contribution in [-0.2, 0) is 6.54 Å². The molecule has 0 saturated heterocycles. The second-order valence-corrected chi connectivity index (χ2v) is 5.37. The van der Waals surface area contributed by atoms with Crippen LogP contribution in [0.2, 0.25) is 0 Å². The number of aryl methyl sites for hydroxylation is 1. The first kappa shape index (κ1) is 12.9. The molecule has 1 atom stereocenters. The maximum absolute atomic E-state index is 3.60. The average Bonchev–Trinajstić information content (AvgIpc) is 2.94. The number of nitrogens with one attached hydrogen (secondary N) is 2. The van der Waals surface area contributed by atoms with Gasteiger partial charge in [-0.25, -0.2) is 0 Å². The number of fused-ring (bicyclic) bond motifs is 1. The number of aromatic amines is 1. The molecule has 0 radical (unpaired) electrons. The van der Waals surface area contributed by atoms with Crippen molar-refractivity contribution in [3.05, 3.63) is 71.4 Å². The Hall–Kier alpha value is -2.06. The maximum Gasteiger partial charge on any atom is 0.0499 e. The van der Waals surface area contributed by atoms with E-state index in [-0.39, 0.29) is 0 Å². The lowest BCUT2D eigenvalue weighted by atomic mass is 10.1. The molecular formula is C18H20N2. The number of hydrogen-bond donors (Lipinski definition) is 2. The lowest BCUT2D eigenvalue weighted by Gasteiger charge is -2.15. The van der Waals surface area contributed by atoms with Gasteiger partial charge in [-0.2, -0.15) is 0 Å². The van der Waals surface area contributed by atoms with Crippen molar-refractivity contribution < 1.29 is 0 Å². The summed E-state index contributed by atoms with van der Waals surface area (Å²) in [6.45, 7) is 5.19. The fourth-order valence-electron chi connectivity index (χ4n) is 2.53. The van der Waals surface area contributed by atoms with Gasteiger partial charge in [0.15, 0.2) is 0 Å². The summed E-state index contributed by atoms with van der Waals surface area (Å²) in [6.07, 6.45) is 2.00. The van der Waals surface area contributed by atoms with Crippen LogP contribution in [0.5, 0.6) is 0 Å². The summed E-state index contributed by atoms with van der Waals surface area (Å²) >= 11 is 0. The molecule has 0 spiro atoms. The van der Waals surface area contributed by atoms with Gasteiger partial charge >= 0.3 is 0 Å². The number of benzene rings is 2. The second-order valence-electron chi connectivity index (χ2n) is 5.37. The van der Waals surface area contributed by atoms with E-state index >= 15 is 0 Å². The van der Waals surface area contributed by atoms with E-state index in [4.69, 9.17) is 0 Å². The first-order valence-corrected chi connectivity index (χ1v) is 7.09. The first-order chi connectivity index (χ1) is 9.74. The van der Waals surface area contributed by atoms with Gasteiger partial charge in [-0.05, 0) is 36.4 Å². The van der Waals surface area contributed by atoms with Crippen molar-refractivity contribution in [2.24, 2.45) is 0 Å². The van der Waals surface area contributed by atoms with E-state index in [9.17, 15) is 0 Å². The van der Waals surface area contributed by atoms with E-state index < -0.39 is 0 Å². The van der Waals surface area contributed by atoms with E-state index in [1.807, 2.05) is 6.20 Å². The van der Waals surface area contributed by atoms with Crippen molar-refractivity contribution >= 4 is 10.9 Å². The van der Waals surface area contributed by atoms with Crippen molar-refractivity contribution in [1.29, 1.82) is 0 Å². The first-order valence-electron chi connectivity index (χ1n) is 7.09. The Bertz CT molecular complexity index is 695. The Balaban J connectivity index is 1.73. The van der Waals surface area contributed by atoms with Gasteiger partial charge in [0.2, 0.25) is 0 Å². The van der Waals surface area contributed by atoms with Crippen molar-refractivity contribution in [3.63, 3.8) is 0 Å². The average molecular weight is 264 g/mol. The highest BCUT2D eigenvalue weighted by atomic mass is 14.9. The Kier molecular flexibility index (Phi) is 3.57. The van der Waals surface area contributed by atoms with Crippen molar-refractivity contribution in [2.75, 3.05) is 0 Å². The van der Waals surface area contributed by atoms with E-state index in [2.05, 4.69) is 72.7 Å². The van der Waals surface area contributed by atoms with Gasteiger partial charge in [0, 0.05) is 24.3 Å². The highest BCUT2D eigenvalue weighted by molar-refractivity contribution is 5.82. The van der Waals surface area contributed by atoms with E-state index in [0.717, 1.165) is 6.54 Å². The topological polar surface area (TPSA) is 27.8 Å². The minimum atomic E-state index is 0.348. The number of hydrogen-bond acceptors (Lipinski definition) is 1. The molecule has 0 saturated carbocycles. The van der Waals surface area contributed by atoms with Crippen LogP contribution in [0.25, 0.3) is 10.9 Å². The van der Waals surface area contributed by atoms with Crippen LogP contribution in [0, 0.1) is 6.92 Å². The summed E-state index contributed by atoms with van der Waals surface area (Å²) in [5.41, 5.74) is 5.17. The maximum atomic E-state index is 3.60. The highest BCUT2D eigenvalue weighted by Gasteiger charge is 2.06. The zero-order chi connectivity index (χ0) is 13.9. The fraction of sp³-hybridized carbons (Fsp3) is 0.222. The van der Waals surface area contributed by atoms with Gasteiger partial charge in [0.05, 0.1) is 0 Å². The lowest BCUT2D eigenvalue weighted by Crippen LogP contribution is -2.18. The summed E-state index contributed by atoms with van der Waals surface area (Å²) < 4.78 is 0. The van der Waals surface area contributed by atoms with Crippen LogP contribution in [0.3, 0.4) is 0 Å². The van der Waals surface area contributed by atoms with Crippen LogP contribution in [-0.4, -0.2) is 4.98 Å². The molecule has 0 bridgehead atoms. The predicted octanol–water partition coefficient (Wildman–Crippen LogP) is 4.33. The molecule has 2 N–H and O–H groups in total. The Morgan fingerprint density at radius 1 is 1.05 bits per heavy atom. The van der Waals surface area contributed by atoms with Crippen LogP contribution >= 0.6 is 0 Å². The number of aromatic nitrogens is 1. The predicted molar refractivity (Wildman–Crippen MR) is 84.7 cm³/mol. The highest BCUT2D eigenvalue weighted by Crippen LogP contribution is 2.19. The number of para-hydroxylation sites is 1. The number of rotatable bonds is 4. The molecule has 0 unspecified atom stereocenters. The SMILES string of the molecule is Cc1ccc([C@@H](C)NCc2cccc3cc[nH]c23)cc1. The van der Waals surface area contributed by atoms with Crippen LogP contribution < -0.4 is 5.32 Å². The normalized spacial score (nSPS) is 12.7. The van der Waals surface area contributed by atoms with Gasteiger partial charge in [-0.3, -0.25) is 0 Å². The molecule has 3 aromatic rings. The van der Waals surface area contributed by atoms with Crippen molar-refractivity contribution in [2.45, 2.75) is 26.4 Å². The van der Waals surface area contributed by atoms with Gasteiger partial charge in [0.1, 0.15) is 0 Å². The molecule has 0 aliphatic carbocycles. The van der Waals surface area contributed by atoms with E-state index in [1.54, 1.807) is 0 Å². The minimum Gasteiger partial charge on any atom is -0.361 e. The summed E-state index contributed by atoms with van der Waals surface area (Å²) in [4.78, 5) is 3.32. The van der Waals surface area contributed by atoms with Crippen molar-refractivity contribution in [3.8, 4) is 0 Å². The zero-order valence-corrected chi connectivity index (χ0v) is 12.0. The smallest absolute Gasteiger partial charge is 0.0499 e. The molecule has 2 aromatic carbocycles. The minimum absolute atomic E-state index is 0.348. The molecule has 1 aromatic heterocycles.